The summed E-state index contributed by atoms with van der Waals surface area (Å²) in [5, 5.41) is 5.23. The summed E-state index contributed by atoms with van der Waals surface area (Å²) in [6.45, 7) is 0. The van der Waals surface area contributed by atoms with E-state index in [0.717, 1.165) is 93.9 Å². The SMILES string of the molecule is c1ccc(-c2nc(-c3cccc(-c4cccc(-c5cccc(-c6nc(-c7ccccc7)c7c(n6)oc6ccccc67)c5)c4)c3)nc3c2ccc2ccccc23)cc1. The summed E-state index contributed by atoms with van der Waals surface area (Å²) in [7, 11) is 0. The molecule has 0 spiro atoms. The summed E-state index contributed by atoms with van der Waals surface area (Å²) in [5.41, 5.74) is 12.4. The zero-order chi connectivity index (χ0) is 37.7. The minimum absolute atomic E-state index is 0.576. The predicted octanol–water partition coefficient (Wildman–Crippen LogP) is 13.5. The average Bonchev–Trinajstić information content (AvgIpc) is 3.68. The van der Waals surface area contributed by atoms with Crippen LogP contribution >= 0.6 is 0 Å². The zero-order valence-electron chi connectivity index (χ0n) is 30.7. The van der Waals surface area contributed by atoms with E-state index in [9.17, 15) is 0 Å². The van der Waals surface area contributed by atoms with Crippen LogP contribution < -0.4 is 0 Å². The molecule has 0 aliphatic heterocycles. The normalized spacial score (nSPS) is 11.5. The molecule has 0 amide bonds. The molecular formula is C52H32N4O. The Labute approximate surface area is 328 Å². The van der Waals surface area contributed by atoms with Gasteiger partial charge in [0, 0.05) is 38.4 Å². The maximum Gasteiger partial charge on any atom is 0.231 e. The minimum Gasteiger partial charge on any atom is -0.438 e. The third kappa shape index (κ3) is 5.81. The molecule has 11 rings (SSSR count). The van der Waals surface area contributed by atoms with Crippen molar-refractivity contribution < 1.29 is 4.42 Å². The van der Waals surface area contributed by atoms with E-state index in [-0.39, 0.29) is 0 Å². The number of rotatable bonds is 6. The van der Waals surface area contributed by atoms with E-state index in [2.05, 4.69) is 152 Å². The molecule has 0 aliphatic carbocycles. The molecule has 0 saturated heterocycles. The monoisotopic (exact) mass is 728 g/mol. The lowest BCUT2D eigenvalue weighted by Gasteiger charge is -2.12. The van der Waals surface area contributed by atoms with Crippen molar-refractivity contribution in [3.05, 3.63) is 194 Å². The lowest BCUT2D eigenvalue weighted by molar-refractivity contribution is 0.653. The van der Waals surface area contributed by atoms with Gasteiger partial charge in [0.2, 0.25) is 5.71 Å². The third-order valence-corrected chi connectivity index (χ3v) is 10.7. The molecule has 11 aromatic rings. The maximum atomic E-state index is 6.31. The smallest absolute Gasteiger partial charge is 0.231 e. The standard InChI is InChI=1S/C52H32N4O/c1-3-15-34(16-4-1)47-44-29-28-33-14-7-8-25-42(33)49(44)55-50(53-47)40-23-12-21-38(31-40)36-19-11-20-37(30-36)39-22-13-24-41(32-39)51-54-48(35-17-5-2-6-18-35)46-43-26-9-10-27-45(43)57-52(46)56-51/h1-32H. The Kier molecular flexibility index (Phi) is 7.74. The Bertz CT molecular complexity index is 3300. The fourth-order valence-electron chi connectivity index (χ4n) is 7.92. The Hall–Kier alpha value is -7.76. The summed E-state index contributed by atoms with van der Waals surface area (Å²) in [6.07, 6.45) is 0. The molecule has 5 nitrogen and oxygen atoms in total. The largest absolute Gasteiger partial charge is 0.438 e. The van der Waals surface area contributed by atoms with Crippen molar-refractivity contribution in [2.24, 2.45) is 0 Å². The second-order valence-corrected chi connectivity index (χ2v) is 14.2. The number of aromatic nitrogens is 4. The van der Waals surface area contributed by atoms with Crippen LogP contribution in [0.1, 0.15) is 0 Å². The summed E-state index contributed by atoms with van der Waals surface area (Å²) < 4.78 is 6.31. The molecule has 8 aromatic carbocycles. The van der Waals surface area contributed by atoms with E-state index in [0.29, 0.717) is 17.4 Å². The van der Waals surface area contributed by atoms with Crippen LogP contribution in [0.15, 0.2) is 199 Å². The van der Waals surface area contributed by atoms with Crippen molar-refractivity contribution >= 4 is 43.7 Å². The van der Waals surface area contributed by atoms with Crippen LogP contribution in [0.5, 0.6) is 0 Å². The summed E-state index contributed by atoms with van der Waals surface area (Å²) in [4.78, 5) is 20.6. The van der Waals surface area contributed by atoms with Gasteiger partial charge in [-0.05, 0) is 58.0 Å². The highest BCUT2D eigenvalue weighted by Gasteiger charge is 2.19. The van der Waals surface area contributed by atoms with Crippen LogP contribution in [0.25, 0.3) is 111 Å². The van der Waals surface area contributed by atoms with Gasteiger partial charge in [-0.1, -0.05) is 164 Å². The number of hydrogen-bond acceptors (Lipinski definition) is 5. The van der Waals surface area contributed by atoms with E-state index >= 15 is 0 Å². The fourth-order valence-corrected chi connectivity index (χ4v) is 7.92. The van der Waals surface area contributed by atoms with Crippen molar-refractivity contribution in [2.45, 2.75) is 0 Å². The topological polar surface area (TPSA) is 64.7 Å². The first-order chi connectivity index (χ1) is 28.2. The molecule has 0 fully saturated rings. The first-order valence-corrected chi connectivity index (χ1v) is 19.0. The quantitative estimate of drug-likeness (QED) is 0.160. The Balaban J connectivity index is 0.991. The molecular weight excluding hydrogens is 697 g/mol. The molecule has 0 bridgehead atoms. The number of furan rings is 1. The number of fused-ring (bicyclic) bond motifs is 6. The molecule has 0 saturated carbocycles. The highest BCUT2D eigenvalue weighted by atomic mass is 16.3. The lowest BCUT2D eigenvalue weighted by atomic mass is 9.96. The van der Waals surface area contributed by atoms with Crippen LogP contribution in [-0.4, -0.2) is 19.9 Å². The highest BCUT2D eigenvalue weighted by molar-refractivity contribution is 6.11. The van der Waals surface area contributed by atoms with Crippen molar-refractivity contribution in [3.63, 3.8) is 0 Å². The van der Waals surface area contributed by atoms with Crippen LogP contribution in [0, 0.1) is 0 Å². The molecule has 266 valence electrons. The molecule has 0 radical (unpaired) electrons. The van der Waals surface area contributed by atoms with Gasteiger partial charge in [0.25, 0.3) is 0 Å². The molecule has 0 N–H and O–H groups in total. The van der Waals surface area contributed by atoms with Gasteiger partial charge in [0.1, 0.15) is 5.58 Å². The third-order valence-electron chi connectivity index (χ3n) is 10.7. The van der Waals surface area contributed by atoms with Gasteiger partial charge in [-0.15, -0.1) is 0 Å². The first kappa shape index (κ1) is 32.7. The number of nitrogens with zero attached hydrogens (tertiary/aromatic N) is 4. The van der Waals surface area contributed by atoms with Crippen molar-refractivity contribution in [2.75, 3.05) is 0 Å². The van der Waals surface area contributed by atoms with E-state index in [1.165, 1.54) is 0 Å². The van der Waals surface area contributed by atoms with E-state index in [1.54, 1.807) is 0 Å². The summed E-state index contributed by atoms with van der Waals surface area (Å²) >= 11 is 0. The number of hydrogen-bond donors (Lipinski definition) is 0. The zero-order valence-corrected chi connectivity index (χ0v) is 30.7. The van der Waals surface area contributed by atoms with Crippen LogP contribution in [0.4, 0.5) is 0 Å². The summed E-state index contributed by atoms with van der Waals surface area (Å²) in [6, 6.07) is 67.0. The van der Waals surface area contributed by atoms with Crippen molar-refractivity contribution in [3.8, 4) is 67.5 Å². The van der Waals surface area contributed by atoms with Gasteiger partial charge >= 0.3 is 0 Å². The Morgan fingerprint density at radius 2 is 0.807 bits per heavy atom. The average molecular weight is 729 g/mol. The minimum atomic E-state index is 0.576. The van der Waals surface area contributed by atoms with Crippen LogP contribution in [0.3, 0.4) is 0 Å². The van der Waals surface area contributed by atoms with E-state index in [4.69, 9.17) is 24.4 Å². The fraction of sp³-hybridized carbons (Fsp3) is 0. The van der Waals surface area contributed by atoms with Gasteiger partial charge in [-0.3, -0.25) is 0 Å². The van der Waals surface area contributed by atoms with Crippen molar-refractivity contribution in [1.29, 1.82) is 0 Å². The molecule has 0 unspecified atom stereocenters. The van der Waals surface area contributed by atoms with Crippen LogP contribution in [0.2, 0.25) is 0 Å². The van der Waals surface area contributed by atoms with E-state index < -0.39 is 0 Å². The van der Waals surface area contributed by atoms with Gasteiger partial charge < -0.3 is 4.42 Å². The lowest BCUT2D eigenvalue weighted by Crippen LogP contribution is -1.96. The van der Waals surface area contributed by atoms with Gasteiger partial charge in [0.05, 0.1) is 22.3 Å². The van der Waals surface area contributed by atoms with Gasteiger partial charge in [-0.25, -0.2) is 15.0 Å². The first-order valence-electron chi connectivity index (χ1n) is 19.0. The second kappa shape index (κ2) is 13.5. The second-order valence-electron chi connectivity index (χ2n) is 14.2. The van der Waals surface area contributed by atoms with Gasteiger partial charge in [-0.2, -0.15) is 4.98 Å². The Morgan fingerprint density at radius 1 is 0.316 bits per heavy atom. The molecule has 0 aliphatic rings. The molecule has 5 heteroatoms. The van der Waals surface area contributed by atoms with Crippen LogP contribution in [-0.2, 0) is 0 Å². The molecule has 0 atom stereocenters. The number of benzene rings is 8. The maximum absolute atomic E-state index is 6.31. The summed E-state index contributed by atoms with van der Waals surface area (Å²) in [5.74, 6) is 1.31. The molecule has 3 heterocycles. The predicted molar refractivity (Wildman–Crippen MR) is 233 cm³/mol. The number of para-hydroxylation sites is 1. The van der Waals surface area contributed by atoms with Gasteiger partial charge in [0.15, 0.2) is 11.6 Å². The molecule has 3 aromatic heterocycles. The van der Waals surface area contributed by atoms with E-state index in [1.807, 2.05) is 42.5 Å². The molecule has 57 heavy (non-hydrogen) atoms. The van der Waals surface area contributed by atoms with Crippen molar-refractivity contribution in [1.82, 2.24) is 19.9 Å². The Morgan fingerprint density at radius 3 is 1.47 bits per heavy atom. The highest BCUT2D eigenvalue weighted by Crippen LogP contribution is 2.38.